The number of rotatable bonds is 7. The molecule has 0 saturated heterocycles. The first kappa shape index (κ1) is 20.7. The highest BCUT2D eigenvalue weighted by atomic mass is 32.1. The van der Waals surface area contributed by atoms with Gasteiger partial charge >= 0.3 is 0 Å². The van der Waals surface area contributed by atoms with Crippen LogP contribution in [0.1, 0.15) is 21.6 Å². The molecule has 3 heterocycles. The van der Waals surface area contributed by atoms with Crippen molar-refractivity contribution in [2.75, 3.05) is 24.7 Å². The smallest absolute Gasteiger partial charge is 0.253 e. The maximum atomic E-state index is 12.1. The minimum absolute atomic E-state index is 0.0353. The van der Waals surface area contributed by atoms with E-state index in [0.29, 0.717) is 23.1 Å². The van der Waals surface area contributed by atoms with Crippen molar-refractivity contribution in [3.63, 3.8) is 0 Å². The van der Waals surface area contributed by atoms with Gasteiger partial charge in [0.15, 0.2) is 5.13 Å². The average molecular weight is 435 g/mol. The quantitative estimate of drug-likeness (QED) is 0.408. The second-order valence-corrected chi connectivity index (χ2v) is 8.09. The predicted octanol–water partition coefficient (Wildman–Crippen LogP) is 3.64. The Hall–Kier alpha value is -3.56. The van der Waals surface area contributed by atoms with Crippen molar-refractivity contribution >= 4 is 44.2 Å². The summed E-state index contributed by atoms with van der Waals surface area (Å²) in [4.78, 5) is 28.0. The van der Waals surface area contributed by atoms with Crippen LogP contribution < -0.4 is 10.6 Å². The first-order valence-electron chi connectivity index (χ1n) is 9.66. The number of hydrogen-bond donors (Lipinski definition) is 3. The van der Waals surface area contributed by atoms with E-state index in [1.54, 1.807) is 43.4 Å². The molecular formula is C22H22N6O2S. The highest BCUT2D eigenvalue weighted by Crippen LogP contribution is 2.27. The van der Waals surface area contributed by atoms with E-state index in [4.69, 9.17) is 4.98 Å². The third-order valence-corrected chi connectivity index (χ3v) is 5.42. The number of nitrogens with zero attached hydrogens (tertiary/aromatic N) is 4. The summed E-state index contributed by atoms with van der Waals surface area (Å²) >= 11 is 1.44. The van der Waals surface area contributed by atoms with Gasteiger partial charge in [0.25, 0.3) is 5.91 Å². The van der Waals surface area contributed by atoms with Crippen molar-refractivity contribution in [1.29, 1.82) is 0 Å². The maximum absolute atomic E-state index is 12.1. The van der Waals surface area contributed by atoms with Crippen molar-refractivity contribution < 1.29 is 9.90 Å². The number of anilines is 3. The lowest BCUT2D eigenvalue weighted by atomic mass is 10.2. The summed E-state index contributed by atoms with van der Waals surface area (Å²) in [6, 6.07) is 14.8. The van der Waals surface area contributed by atoms with Gasteiger partial charge < -0.3 is 20.6 Å². The van der Waals surface area contributed by atoms with Crippen molar-refractivity contribution in [2.24, 2.45) is 0 Å². The molecule has 1 amide bonds. The Bertz CT molecular complexity index is 1220. The zero-order valence-electron chi connectivity index (χ0n) is 17.2. The van der Waals surface area contributed by atoms with E-state index in [0.717, 1.165) is 27.3 Å². The van der Waals surface area contributed by atoms with Crippen LogP contribution in [-0.2, 0) is 13.2 Å². The molecule has 4 rings (SSSR count). The molecule has 3 aromatic heterocycles. The van der Waals surface area contributed by atoms with E-state index in [9.17, 15) is 9.90 Å². The second kappa shape index (κ2) is 9.07. The van der Waals surface area contributed by atoms with Crippen LogP contribution in [-0.4, -0.2) is 45.0 Å². The minimum atomic E-state index is -0.0405. The molecular weight excluding hydrogens is 412 g/mol. The van der Waals surface area contributed by atoms with Gasteiger partial charge in [-0.15, -0.1) is 0 Å². The van der Waals surface area contributed by atoms with Gasteiger partial charge in [-0.2, -0.15) is 0 Å². The lowest BCUT2D eigenvalue weighted by Crippen LogP contribution is -2.21. The molecule has 0 fully saturated rings. The Kier molecular flexibility index (Phi) is 6.06. The number of amides is 1. The fraction of sp³-hybridized carbons (Fsp3) is 0.182. The Labute approximate surface area is 183 Å². The number of benzene rings is 1. The number of nitrogens with one attached hydrogen (secondary N) is 2. The summed E-state index contributed by atoms with van der Waals surface area (Å²) in [6.07, 6.45) is 1.64. The Morgan fingerprint density at radius 2 is 2.00 bits per heavy atom. The molecule has 0 aliphatic carbocycles. The summed E-state index contributed by atoms with van der Waals surface area (Å²) in [5.41, 5.74) is 3.94. The van der Waals surface area contributed by atoms with Crippen molar-refractivity contribution in [3.05, 3.63) is 71.5 Å². The van der Waals surface area contributed by atoms with Crippen LogP contribution in [0, 0.1) is 0 Å². The van der Waals surface area contributed by atoms with E-state index < -0.39 is 0 Å². The molecule has 3 N–H and O–H groups in total. The molecule has 9 heteroatoms. The van der Waals surface area contributed by atoms with Gasteiger partial charge in [-0.05, 0) is 48.0 Å². The summed E-state index contributed by atoms with van der Waals surface area (Å²) in [7, 11) is 3.47. The molecule has 0 spiro atoms. The maximum Gasteiger partial charge on any atom is 0.253 e. The van der Waals surface area contributed by atoms with E-state index >= 15 is 0 Å². The number of carbonyl (C=O) groups excluding carboxylic acids is 1. The Morgan fingerprint density at radius 3 is 2.81 bits per heavy atom. The standard InChI is InChI=1S/C22H22N6O2S/c1-28(2)21(30)15-4-3-5-16(11-15)24-12-17-6-7-18-20(25-17)31-22(26-18)27-19-10-14(13-29)8-9-23-19/h3-11,24,29H,12-13H2,1-2H3,(H,23,26,27). The summed E-state index contributed by atoms with van der Waals surface area (Å²) in [5, 5.41) is 16.4. The molecule has 0 saturated carbocycles. The van der Waals surface area contributed by atoms with Gasteiger partial charge in [0.05, 0.1) is 18.8 Å². The van der Waals surface area contributed by atoms with E-state index in [2.05, 4.69) is 20.6 Å². The Morgan fingerprint density at radius 1 is 1.13 bits per heavy atom. The monoisotopic (exact) mass is 434 g/mol. The molecule has 0 unspecified atom stereocenters. The molecule has 0 atom stereocenters. The molecule has 4 aromatic rings. The van der Waals surface area contributed by atoms with Gasteiger partial charge in [-0.1, -0.05) is 17.4 Å². The number of aliphatic hydroxyl groups excluding tert-OH is 1. The number of aromatic nitrogens is 3. The Balaban J connectivity index is 1.46. The number of carbonyl (C=O) groups is 1. The van der Waals surface area contributed by atoms with Gasteiger partial charge in [0, 0.05) is 31.5 Å². The van der Waals surface area contributed by atoms with Gasteiger partial charge in [-0.25, -0.2) is 15.0 Å². The average Bonchev–Trinajstić information content (AvgIpc) is 3.18. The predicted molar refractivity (Wildman–Crippen MR) is 123 cm³/mol. The largest absolute Gasteiger partial charge is 0.392 e. The number of aliphatic hydroxyl groups is 1. The van der Waals surface area contributed by atoms with Crippen LogP contribution in [0.25, 0.3) is 10.3 Å². The minimum Gasteiger partial charge on any atom is -0.392 e. The lowest BCUT2D eigenvalue weighted by molar-refractivity contribution is 0.0827. The van der Waals surface area contributed by atoms with Crippen LogP contribution in [0.3, 0.4) is 0 Å². The molecule has 31 heavy (non-hydrogen) atoms. The van der Waals surface area contributed by atoms with Crippen molar-refractivity contribution in [3.8, 4) is 0 Å². The number of pyridine rings is 2. The zero-order valence-corrected chi connectivity index (χ0v) is 18.0. The third-order valence-electron chi connectivity index (χ3n) is 4.54. The van der Waals surface area contributed by atoms with Crippen LogP contribution in [0.2, 0.25) is 0 Å². The first-order valence-corrected chi connectivity index (χ1v) is 10.5. The first-order chi connectivity index (χ1) is 15.0. The van der Waals surface area contributed by atoms with E-state index in [1.165, 1.54) is 11.3 Å². The molecule has 1 aromatic carbocycles. The van der Waals surface area contributed by atoms with Gasteiger partial charge in [0.1, 0.15) is 16.2 Å². The topological polar surface area (TPSA) is 103 Å². The molecule has 0 bridgehead atoms. The summed E-state index contributed by atoms with van der Waals surface area (Å²) < 4.78 is 0. The number of fused-ring (bicyclic) bond motifs is 1. The molecule has 0 aliphatic rings. The highest BCUT2D eigenvalue weighted by molar-refractivity contribution is 7.21. The normalized spacial score (nSPS) is 10.8. The summed E-state index contributed by atoms with van der Waals surface area (Å²) in [5.74, 6) is 0.589. The van der Waals surface area contributed by atoms with E-state index in [-0.39, 0.29) is 12.5 Å². The zero-order chi connectivity index (χ0) is 21.8. The molecule has 0 aliphatic heterocycles. The van der Waals surface area contributed by atoms with Crippen LogP contribution in [0.4, 0.5) is 16.6 Å². The van der Waals surface area contributed by atoms with Crippen LogP contribution >= 0.6 is 11.3 Å². The SMILES string of the molecule is CN(C)C(=O)c1cccc(NCc2ccc3nc(Nc4cc(CO)ccn4)sc3n2)c1. The fourth-order valence-corrected chi connectivity index (χ4v) is 3.83. The fourth-order valence-electron chi connectivity index (χ4n) is 2.97. The molecule has 158 valence electrons. The number of thiazole rings is 1. The van der Waals surface area contributed by atoms with E-state index in [1.807, 2.05) is 30.3 Å². The molecule has 8 nitrogen and oxygen atoms in total. The second-order valence-electron chi connectivity index (χ2n) is 7.11. The van der Waals surface area contributed by atoms with Crippen molar-refractivity contribution in [2.45, 2.75) is 13.2 Å². The van der Waals surface area contributed by atoms with Gasteiger partial charge in [-0.3, -0.25) is 4.79 Å². The van der Waals surface area contributed by atoms with Crippen molar-refractivity contribution in [1.82, 2.24) is 19.9 Å². The lowest BCUT2D eigenvalue weighted by Gasteiger charge is -2.12. The van der Waals surface area contributed by atoms with Crippen LogP contribution in [0.15, 0.2) is 54.7 Å². The van der Waals surface area contributed by atoms with Crippen LogP contribution in [0.5, 0.6) is 0 Å². The van der Waals surface area contributed by atoms with Gasteiger partial charge in [0.2, 0.25) is 0 Å². The third kappa shape index (κ3) is 4.96. The number of hydrogen-bond acceptors (Lipinski definition) is 8. The molecule has 0 radical (unpaired) electrons. The summed E-state index contributed by atoms with van der Waals surface area (Å²) in [6.45, 7) is 0.484. The highest BCUT2D eigenvalue weighted by Gasteiger charge is 2.10.